The van der Waals surface area contributed by atoms with E-state index in [1.807, 2.05) is 38.7 Å². The maximum absolute atomic E-state index is 15.5. The predicted molar refractivity (Wildman–Crippen MR) is 148 cm³/mol. The molecule has 1 aromatic heterocycles. The van der Waals surface area contributed by atoms with Crippen LogP contribution in [-0.4, -0.2) is 77.8 Å². The first kappa shape index (κ1) is 25.9. The summed E-state index contributed by atoms with van der Waals surface area (Å²) >= 11 is 2.21. The summed E-state index contributed by atoms with van der Waals surface area (Å²) in [5.41, 5.74) is 0.764. The lowest BCUT2D eigenvalue weighted by Crippen LogP contribution is -2.62. The molecule has 0 atom stereocenters. The highest BCUT2D eigenvalue weighted by atomic mass is 127. The van der Waals surface area contributed by atoms with Crippen LogP contribution in [0, 0.1) is 21.7 Å². The monoisotopic (exact) mass is 609 g/mol. The van der Waals surface area contributed by atoms with Crippen molar-refractivity contribution in [2.75, 3.05) is 51.2 Å². The molecule has 3 saturated heterocycles. The van der Waals surface area contributed by atoms with Crippen molar-refractivity contribution in [1.29, 1.82) is 0 Å². The van der Waals surface area contributed by atoms with Gasteiger partial charge in [0, 0.05) is 52.0 Å². The third-order valence-corrected chi connectivity index (χ3v) is 9.14. The van der Waals surface area contributed by atoms with Crippen molar-refractivity contribution in [2.45, 2.75) is 64.9 Å². The lowest BCUT2D eigenvalue weighted by molar-refractivity contribution is -0.0434. The number of halogens is 2. The molecular formula is C27H37FIN5O2. The van der Waals surface area contributed by atoms with Gasteiger partial charge >= 0.3 is 6.09 Å². The van der Waals surface area contributed by atoms with E-state index in [1.165, 1.54) is 0 Å². The second-order valence-electron chi connectivity index (χ2n) is 12.0. The van der Waals surface area contributed by atoms with Gasteiger partial charge in [-0.25, -0.2) is 19.2 Å². The molecule has 3 fully saturated rings. The average Bonchev–Trinajstić information content (AvgIpc) is 2.80. The molecule has 3 aliphatic rings. The van der Waals surface area contributed by atoms with Crippen molar-refractivity contribution in [2.24, 2.45) is 5.41 Å². The van der Waals surface area contributed by atoms with Crippen molar-refractivity contribution in [1.82, 2.24) is 19.8 Å². The number of nitrogens with zero attached hydrogens (tertiary/aromatic N) is 5. The van der Waals surface area contributed by atoms with Crippen molar-refractivity contribution in [3.05, 3.63) is 26.8 Å². The van der Waals surface area contributed by atoms with Crippen molar-refractivity contribution in [3.63, 3.8) is 0 Å². The first-order valence-electron chi connectivity index (χ1n) is 13.0. The van der Waals surface area contributed by atoms with E-state index in [9.17, 15) is 4.79 Å². The van der Waals surface area contributed by atoms with E-state index in [4.69, 9.17) is 14.7 Å². The molecule has 7 nitrogen and oxygen atoms in total. The minimum atomic E-state index is -0.478. The Morgan fingerprint density at radius 3 is 2.39 bits per heavy atom. The van der Waals surface area contributed by atoms with Gasteiger partial charge in [0.25, 0.3) is 0 Å². The summed E-state index contributed by atoms with van der Waals surface area (Å²) < 4.78 is 21.9. The van der Waals surface area contributed by atoms with E-state index < -0.39 is 5.60 Å². The highest BCUT2D eigenvalue weighted by molar-refractivity contribution is 14.1. The van der Waals surface area contributed by atoms with Crippen LogP contribution in [0.25, 0.3) is 10.9 Å². The molecule has 2 aromatic rings. The quantitative estimate of drug-likeness (QED) is 0.430. The lowest BCUT2D eigenvalue weighted by Gasteiger charge is -2.53. The SMILES string of the molecule is Cc1c(I)cc2c(N3CCC4(CC3)CN(C(=O)OC(C)(C)C)C4)nc(C3CCN(C)CC3)nc2c1F. The Morgan fingerprint density at radius 1 is 1.14 bits per heavy atom. The third-order valence-electron chi connectivity index (χ3n) is 8.02. The number of aromatic nitrogens is 2. The number of ether oxygens (including phenoxy) is 1. The number of amides is 1. The van der Waals surface area contributed by atoms with E-state index in [1.54, 1.807) is 0 Å². The number of piperidine rings is 2. The Kier molecular flexibility index (Phi) is 6.85. The van der Waals surface area contributed by atoms with Crippen LogP contribution in [0.15, 0.2) is 6.07 Å². The second-order valence-corrected chi connectivity index (χ2v) is 13.2. The van der Waals surface area contributed by atoms with Crippen LogP contribution in [-0.2, 0) is 4.74 Å². The standard InChI is InChI=1S/C27H37FIN5O2/c1-17-20(29)14-19-22(21(17)28)30-23(18-6-10-32(5)11-7-18)31-24(19)33-12-8-27(9-13-33)15-34(16-27)25(35)36-26(2,3)4/h14,18H,6-13,15-16H2,1-5H3. The maximum Gasteiger partial charge on any atom is 0.410 e. The van der Waals surface area contributed by atoms with Gasteiger partial charge < -0.3 is 19.4 Å². The molecular weight excluding hydrogens is 572 g/mol. The number of hydrogen-bond acceptors (Lipinski definition) is 6. The molecule has 1 spiro atoms. The van der Waals surface area contributed by atoms with Crippen LogP contribution >= 0.6 is 22.6 Å². The molecule has 9 heteroatoms. The number of fused-ring (bicyclic) bond motifs is 1. The minimum Gasteiger partial charge on any atom is -0.444 e. The smallest absolute Gasteiger partial charge is 0.410 e. The Bertz CT molecular complexity index is 1160. The number of likely N-dealkylation sites (tertiary alicyclic amines) is 2. The average molecular weight is 610 g/mol. The van der Waals surface area contributed by atoms with Gasteiger partial charge in [-0.1, -0.05) is 0 Å². The normalized spacial score (nSPS) is 21.2. The van der Waals surface area contributed by atoms with E-state index in [0.29, 0.717) is 11.1 Å². The van der Waals surface area contributed by atoms with Crippen LogP contribution in [0.5, 0.6) is 0 Å². The molecule has 3 aliphatic heterocycles. The summed E-state index contributed by atoms with van der Waals surface area (Å²) in [6, 6.07) is 2.04. The highest BCUT2D eigenvalue weighted by Gasteiger charge is 2.48. The van der Waals surface area contributed by atoms with Gasteiger partial charge in [-0.3, -0.25) is 0 Å². The van der Waals surface area contributed by atoms with Crippen LogP contribution in [0.1, 0.15) is 63.8 Å². The summed E-state index contributed by atoms with van der Waals surface area (Å²) in [6.07, 6.45) is 3.73. The first-order valence-corrected chi connectivity index (χ1v) is 14.1. The van der Waals surface area contributed by atoms with E-state index in [2.05, 4.69) is 39.4 Å². The number of carbonyl (C=O) groups is 1. The Morgan fingerprint density at radius 2 is 1.78 bits per heavy atom. The number of anilines is 1. The maximum atomic E-state index is 15.5. The second kappa shape index (κ2) is 9.53. The van der Waals surface area contributed by atoms with Crippen LogP contribution in [0.4, 0.5) is 15.0 Å². The molecule has 0 saturated carbocycles. The van der Waals surface area contributed by atoms with E-state index >= 15 is 4.39 Å². The fourth-order valence-electron chi connectivity index (χ4n) is 5.71. The number of hydrogen-bond donors (Lipinski definition) is 0. The van der Waals surface area contributed by atoms with Crippen molar-refractivity contribution in [3.8, 4) is 0 Å². The highest BCUT2D eigenvalue weighted by Crippen LogP contribution is 2.43. The Balaban J connectivity index is 1.38. The molecule has 1 amide bonds. The zero-order valence-electron chi connectivity index (χ0n) is 22.0. The molecule has 0 aliphatic carbocycles. The Hall–Kier alpha value is -1.75. The summed E-state index contributed by atoms with van der Waals surface area (Å²) in [5, 5.41) is 0.805. The first-order chi connectivity index (χ1) is 16.9. The van der Waals surface area contributed by atoms with Gasteiger partial charge in [0.15, 0.2) is 5.82 Å². The summed E-state index contributed by atoms with van der Waals surface area (Å²) in [7, 11) is 2.14. The van der Waals surface area contributed by atoms with Crippen molar-refractivity contribution >= 4 is 45.4 Å². The lowest BCUT2D eigenvalue weighted by atomic mass is 9.72. The zero-order valence-corrected chi connectivity index (χ0v) is 24.2. The van der Waals surface area contributed by atoms with E-state index in [0.717, 1.165) is 85.6 Å². The number of rotatable bonds is 2. The number of carbonyl (C=O) groups excluding carboxylic acids is 1. The van der Waals surface area contributed by atoms with Crippen LogP contribution in [0.3, 0.4) is 0 Å². The largest absolute Gasteiger partial charge is 0.444 e. The molecule has 0 bridgehead atoms. The fourth-order valence-corrected chi connectivity index (χ4v) is 6.26. The molecule has 196 valence electrons. The van der Waals surface area contributed by atoms with Gasteiger partial charge in [0.2, 0.25) is 0 Å². The van der Waals surface area contributed by atoms with Gasteiger partial charge in [-0.15, -0.1) is 0 Å². The topological polar surface area (TPSA) is 61.8 Å². The molecule has 0 radical (unpaired) electrons. The number of benzene rings is 1. The Labute approximate surface area is 226 Å². The van der Waals surface area contributed by atoms with Gasteiger partial charge in [0.1, 0.15) is 22.8 Å². The summed E-state index contributed by atoms with van der Waals surface area (Å²) in [5.74, 6) is 1.68. The predicted octanol–water partition coefficient (Wildman–Crippen LogP) is 5.33. The minimum absolute atomic E-state index is 0.142. The molecule has 4 heterocycles. The molecule has 36 heavy (non-hydrogen) atoms. The third kappa shape index (κ3) is 5.01. The van der Waals surface area contributed by atoms with Crippen molar-refractivity contribution < 1.29 is 13.9 Å². The summed E-state index contributed by atoms with van der Waals surface area (Å²) in [6.45, 7) is 12.7. The summed E-state index contributed by atoms with van der Waals surface area (Å²) in [4.78, 5) is 28.8. The van der Waals surface area contributed by atoms with Crippen LogP contribution < -0.4 is 4.90 Å². The molecule has 0 N–H and O–H groups in total. The van der Waals surface area contributed by atoms with E-state index in [-0.39, 0.29) is 23.2 Å². The van der Waals surface area contributed by atoms with Gasteiger partial charge in [-0.05, 0) is 102 Å². The van der Waals surface area contributed by atoms with Crippen LogP contribution in [0.2, 0.25) is 0 Å². The fraction of sp³-hybridized carbons (Fsp3) is 0.667. The molecule has 5 rings (SSSR count). The van der Waals surface area contributed by atoms with Gasteiger partial charge in [-0.2, -0.15) is 0 Å². The van der Waals surface area contributed by atoms with Gasteiger partial charge in [0.05, 0.1) is 0 Å². The molecule has 0 unspecified atom stereocenters. The zero-order chi connectivity index (χ0) is 25.8. The molecule has 1 aromatic carbocycles.